The van der Waals surface area contributed by atoms with Crippen molar-refractivity contribution in [3.05, 3.63) is 42.5 Å². The van der Waals surface area contributed by atoms with Crippen LogP contribution in [-0.2, 0) is 19.1 Å². The van der Waals surface area contributed by atoms with Gasteiger partial charge in [0.15, 0.2) is 6.10 Å². The van der Waals surface area contributed by atoms with Gasteiger partial charge in [-0.1, -0.05) is 36.4 Å². The summed E-state index contributed by atoms with van der Waals surface area (Å²) in [7, 11) is 0. The zero-order valence-corrected chi connectivity index (χ0v) is 15.6. The fourth-order valence-electron chi connectivity index (χ4n) is 3.31. The van der Waals surface area contributed by atoms with Gasteiger partial charge in [0, 0.05) is 19.2 Å². The SMILES string of the molecule is CC(=O)NC1C(Oc2cccc3ccccc23)OC(CO)C(O)C1OC(C)=O. The van der Waals surface area contributed by atoms with Crippen LogP contribution >= 0.6 is 0 Å². The first-order chi connectivity index (χ1) is 13.4. The van der Waals surface area contributed by atoms with Crippen LogP contribution in [-0.4, -0.2) is 59.3 Å². The molecule has 1 aliphatic heterocycles. The molecule has 0 aromatic heterocycles. The molecule has 28 heavy (non-hydrogen) atoms. The van der Waals surface area contributed by atoms with Gasteiger partial charge in [-0.2, -0.15) is 0 Å². The smallest absolute Gasteiger partial charge is 0.303 e. The van der Waals surface area contributed by atoms with Crippen molar-refractivity contribution in [2.24, 2.45) is 0 Å². The van der Waals surface area contributed by atoms with E-state index in [-0.39, 0.29) is 0 Å². The van der Waals surface area contributed by atoms with Gasteiger partial charge < -0.3 is 29.7 Å². The minimum atomic E-state index is -1.34. The van der Waals surface area contributed by atoms with Crippen molar-refractivity contribution in [3.8, 4) is 5.75 Å². The molecule has 0 radical (unpaired) electrons. The molecule has 5 atom stereocenters. The number of carbonyl (C=O) groups is 2. The Hall–Kier alpha value is -2.68. The third-order valence-electron chi connectivity index (χ3n) is 4.52. The first kappa shape index (κ1) is 20.1. The van der Waals surface area contributed by atoms with Gasteiger partial charge in [-0.15, -0.1) is 0 Å². The minimum absolute atomic E-state index is 0.410. The summed E-state index contributed by atoms with van der Waals surface area (Å²) < 4.78 is 17.0. The van der Waals surface area contributed by atoms with E-state index in [0.29, 0.717) is 5.75 Å². The van der Waals surface area contributed by atoms with Crippen LogP contribution in [0.1, 0.15) is 13.8 Å². The molecule has 1 aliphatic rings. The number of amides is 1. The van der Waals surface area contributed by atoms with Crippen LogP contribution in [0, 0.1) is 0 Å². The summed E-state index contributed by atoms with van der Waals surface area (Å²) in [6.07, 6.45) is -4.63. The monoisotopic (exact) mass is 389 g/mol. The predicted molar refractivity (Wildman–Crippen MR) is 99.5 cm³/mol. The van der Waals surface area contributed by atoms with Gasteiger partial charge >= 0.3 is 5.97 Å². The van der Waals surface area contributed by atoms with E-state index >= 15 is 0 Å². The number of aliphatic hydroxyl groups excluding tert-OH is 2. The molecule has 2 aromatic carbocycles. The second-order valence-electron chi connectivity index (χ2n) is 6.61. The van der Waals surface area contributed by atoms with Gasteiger partial charge in [0.05, 0.1) is 6.61 Å². The number of ether oxygens (including phenoxy) is 3. The van der Waals surface area contributed by atoms with Crippen LogP contribution in [0.5, 0.6) is 5.75 Å². The number of fused-ring (bicyclic) bond motifs is 1. The van der Waals surface area contributed by atoms with E-state index in [1.54, 1.807) is 6.07 Å². The van der Waals surface area contributed by atoms with E-state index in [4.69, 9.17) is 14.2 Å². The van der Waals surface area contributed by atoms with E-state index in [0.717, 1.165) is 10.8 Å². The Labute approximate surface area is 162 Å². The molecule has 2 aromatic rings. The number of rotatable bonds is 5. The molecular weight excluding hydrogens is 366 g/mol. The summed E-state index contributed by atoms with van der Waals surface area (Å²) in [4.78, 5) is 23.3. The number of nitrogens with one attached hydrogen (secondary N) is 1. The molecule has 3 rings (SSSR count). The van der Waals surface area contributed by atoms with Gasteiger partial charge in [-0.05, 0) is 11.5 Å². The van der Waals surface area contributed by atoms with Crippen molar-refractivity contribution in [2.75, 3.05) is 6.61 Å². The van der Waals surface area contributed by atoms with Crippen LogP contribution in [0.25, 0.3) is 10.8 Å². The highest BCUT2D eigenvalue weighted by atomic mass is 16.7. The van der Waals surface area contributed by atoms with Crippen LogP contribution in [0.15, 0.2) is 42.5 Å². The first-order valence-electron chi connectivity index (χ1n) is 8.94. The highest BCUT2D eigenvalue weighted by Crippen LogP contribution is 2.30. The van der Waals surface area contributed by atoms with E-state index < -0.39 is 49.1 Å². The van der Waals surface area contributed by atoms with Crippen molar-refractivity contribution in [3.63, 3.8) is 0 Å². The topological polar surface area (TPSA) is 114 Å². The Kier molecular flexibility index (Phi) is 6.13. The number of aliphatic hydroxyl groups is 2. The average molecular weight is 389 g/mol. The Morgan fingerprint density at radius 2 is 1.86 bits per heavy atom. The number of esters is 1. The van der Waals surface area contributed by atoms with Crippen molar-refractivity contribution >= 4 is 22.6 Å². The molecule has 8 heteroatoms. The lowest BCUT2D eigenvalue weighted by molar-refractivity contribution is -0.249. The second-order valence-corrected chi connectivity index (χ2v) is 6.61. The molecule has 150 valence electrons. The quantitative estimate of drug-likeness (QED) is 0.646. The summed E-state index contributed by atoms with van der Waals surface area (Å²) in [5.41, 5.74) is 0. The Balaban J connectivity index is 1.96. The predicted octanol–water partition coefficient (Wildman–Crippen LogP) is 0.733. The maximum Gasteiger partial charge on any atom is 0.303 e. The summed E-state index contributed by atoms with van der Waals surface area (Å²) in [5.74, 6) is -0.554. The Morgan fingerprint density at radius 1 is 1.14 bits per heavy atom. The number of benzene rings is 2. The van der Waals surface area contributed by atoms with Crippen molar-refractivity contribution in [2.45, 2.75) is 44.5 Å². The highest BCUT2D eigenvalue weighted by molar-refractivity contribution is 5.88. The van der Waals surface area contributed by atoms with Gasteiger partial charge in [-0.3, -0.25) is 9.59 Å². The lowest BCUT2D eigenvalue weighted by Crippen LogP contribution is -2.66. The number of carbonyl (C=O) groups excluding carboxylic acids is 2. The van der Waals surface area contributed by atoms with Crippen LogP contribution in [0.3, 0.4) is 0 Å². The van der Waals surface area contributed by atoms with Crippen molar-refractivity contribution < 1.29 is 34.0 Å². The highest BCUT2D eigenvalue weighted by Gasteiger charge is 2.48. The zero-order chi connectivity index (χ0) is 20.3. The molecule has 5 unspecified atom stereocenters. The molecule has 0 aliphatic carbocycles. The second kappa shape index (κ2) is 8.55. The maximum absolute atomic E-state index is 11.7. The molecule has 8 nitrogen and oxygen atoms in total. The van der Waals surface area contributed by atoms with E-state index in [1.807, 2.05) is 36.4 Å². The summed E-state index contributed by atoms with van der Waals surface area (Å²) in [6.45, 7) is 1.98. The van der Waals surface area contributed by atoms with E-state index in [1.165, 1.54) is 13.8 Å². The Morgan fingerprint density at radius 3 is 2.54 bits per heavy atom. The number of hydrogen-bond donors (Lipinski definition) is 3. The third kappa shape index (κ3) is 4.24. The fraction of sp³-hybridized carbons (Fsp3) is 0.400. The number of hydrogen-bond acceptors (Lipinski definition) is 7. The molecule has 0 spiro atoms. The Bertz CT molecular complexity index is 850. The fourth-order valence-corrected chi connectivity index (χ4v) is 3.31. The average Bonchev–Trinajstić information content (AvgIpc) is 2.66. The standard InChI is InChI=1S/C20H23NO7/c1-11(23)21-17-19(26-12(2)24)18(25)16(10-22)28-20(17)27-15-9-5-7-13-6-3-4-8-14(13)15/h3-9,16-20,22,25H,10H2,1-2H3,(H,21,23). The molecule has 1 heterocycles. The van der Waals surface area contributed by atoms with Crippen LogP contribution < -0.4 is 10.1 Å². The normalized spacial score (nSPS) is 27.2. The van der Waals surface area contributed by atoms with Gasteiger partial charge in [0.1, 0.15) is 24.0 Å². The van der Waals surface area contributed by atoms with Crippen LogP contribution in [0.4, 0.5) is 0 Å². The molecular formula is C20H23NO7. The van der Waals surface area contributed by atoms with Crippen molar-refractivity contribution in [1.82, 2.24) is 5.32 Å². The van der Waals surface area contributed by atoms with Crippen LogP contribution in [0.2, 0.25) is 0 Å². The minimum Gasteiger partial charge on any atom is -0.462 e. The molecule has 3 N–H and O–H groups in total. The summed E-state index contributed by atoms with van der Waals surface area (Å²) in [5, 5.41) is 24.4. The lowest BCUT2D eigenvalue weighted by atomic mass is 9.96. The van der Waals surface area contributed by atoms with Gasteiger partial charge in [-0.25, -0.2) is 0 Å². The largest absolute Gasteiger partial charge is 0.462 e. The van der Waals surface area contributed by atoms with Gasteiger partial charge in [0.2, 0.25) is 12.2 Å². The van der Waals surface area contributed by atoms with Gasteiger partial charge in [0.25, 0.3) is 0 Å². The molecule has 0 bridgehead atoms. The van der Waals surface area contributed by atoms with E-state index in [9.17, 15) is 19.8 Å². The molecule has 1 fully saturated rings. The molecule has 1 saturated heterocycles. The third-order valence-corrected chi connectivity index (χ3v) is 4.52. The van der Waals surface area contributed by atoms with Crippen molar-refractivity contribution in [1.29, 1.82) is 0 Å². The maximum atomic E-state index is 11.7. The summed E-state index contributed by atoms with van der Waals surface area (Å²) >= 11 is 0. The molecule has 0 saturated carbocycles. The first-order valence-corrected chi connectivity index (χ1v) is 8.94. The summed E-state index contributed by atoms with van der Waals surface area (Å²) in [6, 6.07) is 12.1. The zero-order valence-electron chi connectivity index (χ0n) is 15.6. The lowest BCUT2D eigenvalue weighted by Gasteiger charge is -2.43. The molecule has 1 amide bonds. The van der Waals surface area contributed by atoms with E-state index in [2.05, 4.69) is 5.32 Å².